The van der Waals surface area contributed by atoms with Gasteiger partial charge in [0.05, 0.1) is 27.6 Å². The third-order valence-corrected chi connectivity index (χ3v) is 8.87. The van der Waals surface area contributed by atoms with Crippen LogP contribution in [0.5, 0.6) is 0 Å². The van der Waals surface area contributed by atoms with Gasteiger partial charge in [0, 0.05) is 92.0 Å². The van der Waals surface area contributed by atoms with Gasteiger partial charge in [-0.1, -0.05) is 54.1 Å². The Morgan fingerprint density at radius 1 is 0.562 bits per heavy atom. The van der Waals surface area contributed by atoms with E-state index in [-0.39, 0.29) is 85.7 Å². The van der Waals surface area contributed by atoms with Gasteiger partial charge in [0.15, 0.2) is 0 Å². The third kappa shape index (κ3) is 8.44. The molecule has 0 amide bonds. The predicted octanol–water partition coefficient (Wildman–Crippen LogP) is 8.61. The fourth-order valence-electron chi connectivity index (χ4n) is 4.90. The number of azo groups is 2. The van der Waals surface area contributed by atoms with E-state index in [4.69, 9.17) is 0 Å². The maximum Gasteiger partial charge on any atom is 0.295 e. The molecule has 0 aliphatic carbocycles. The quantitative estimate of drug-likeness (QED) is 0.0812. The number of aryl methyl sites for hydroxylation is 1. The summed E-state index contributed by atoms with van der Waals surface area (Å²) in [5.74, 6) is 0. The Kier molecular flexibility index (Phi) is 12.1. The maximum absolute atomic E-state index is 12.4. The van der Waals surface area contributed by atoms with Gasteiger partial charge in [-0.25, -0.2) is 0 Å². The Morgan fingerprint density at radius 3 is 1.81 bits per heavy atom. The summed E-state index contributed by atoms with van der Waals surface area (Å²) in [6, 6.07) is 31.5. The molecule has 0 saturated carbocycles. The zero-order chi connectivity index (χ0) is 32.5. The number of rotatable bonds is 8. The molecule has 3 N–H and O–H groups in total. The zero-order valence-corrected chi connectivity index (χ0v) is 31.7. The van der Waals surface area contributed by atoms with Gasteiger partial charge in [0.1, 0.15) is 4.90 Å². The van der Waals surface area contributed by atoms with Gasteiger partial charge in [0.2, 0.25) is 0 Å². The summed E-state index contributed by atoms with van der Waals surface area (Å²) in [7, 11) is -9.17. The molecule has 2 radical (unpaired) electrons. The molecular weight excluding hydrogens is 673 g/mol. The van der Waals surface area contributed by atoms with E-state index in [1.807, 2.05) is 49.4 Å². The van der Waals surface area contributed by atoms with Crippen molar-refractivity contribution in [2.75, 3.05) is 5.32 Å². The first-order valence-corrected chi connectivity index (χ1v) is 16.7. The second-order valence-electron chi connectivity index (χ2n) is 10.3. The van der Waals surface area contributed by atoms with Crippen LogP contribution in [0, 0.1) is 6.92 Å². The molecule has 0 heterocycles. The Bertz CT molecular complexity index is 2410. The monoisotopic (exact) mass is 697 g/mol. The summed E-state index contributed by atoms with van der Waals surface area (Å²) in [4.78, 5) is -0.656. The summed E-state index contributed by atoms with van der Waals surface area (Å²) in [5, 5.41) is 22.0. The van der Waals surface area contributed by atoms with E-state index in [0.29, 0.717) is 38.9 Å². The molecule has 0 spiro atoms. The fourth-order valence-corrected chi connectivity index (χ4v) is 6.14. The standard InChI is InChI=1S/C33H25N5O6S2.2Na/c1-21-10-12-22(13-11-21)34-31-19-18-29(26-8-5-9-32(33(26)31)46(42,43)44)37-38-30-17-16-28(36-35-23-6-3-2-4-7-23)25-15-14-24(20-27(25)30)45(39,40)41;;/h2-20,34H,1H3,(H,39,40,41)(H,42,43,44);;. The Hall–Kier alpha value is -3.34. The van der Waals surface area contributed by atoms with Crippen LogP contribution >= 0.6 is 0 Å². The molecule has 232 valence electrons. The molecule has 0 atom stereocenters. The van der Waals surface area contributed by atoms with Gasteiger partial charge in [-0.2, -0.15) is 21.9 Å². The Morgan fingerprint density at radius 2 is 1.17 bits per heavy atom. The molecule has 0 fully saturated rings. The van der Waals surface area contributed by atoms with Crippen molar-refractivity contribution in [3.8, 4) is 0 Å². The normalized spacial score (nSPS) is 11.9. The van der Waals surface area contributed by atoms with E-state index in [2.05, 4.69) is 25.8 Å². The average molecular weight is 698 g/mol. The van der Waals surface area contributed by atoms with Gasteiger partial charge >= 0.3 is 0 Å². The van der Waals surface area contributed by atoms with Crippen molar-refractivity contribution in [2.24, 2.45) is 20.5 Å². The fraction of sp³-hybridized carbons (Fsp3) is 0.0303. The van der Waals surface area contributed by atoms with Gasteiger partial charge in [-0.3, -0.25) is 9.11 Å². The van der Waals surface area contributed by atoms with Crippen LogP contribution in [0.3, 0.4) is 0 Å². The molecule has 6 aromatic rings. The molecule has 48 heavy (non-hydrogen) atoms. The number of anilines is 2. The zero-order valence-electron chi connectivity index (χ0n) is 26.1. The summed E-state index contributed by atoms with van der Waals surface area (Å²) in [6.07, 6.45) is 0. The summed E-state index contributed by atoms with van der Waals surface area (Å²) < 4.78 is 68.6. The van der Waals surface area contributed by atoms with Crippen LogP contribution in [0.2, 0.25) is 0 Å². The first-order chi connectivity index (χ1) is 22.0. The van der Waals surface area contributed by atoms with Crippen LogP contribution in [0.15, 0.2) is 146 Å². The minimum absolute atomic E-state index is 0. The SMILES string of the molecule is Cc1ccc(Nc2ccc(N=Nc3ccc(N=Nc4ccccc4)c4ccc(S(=O)(=O)O)cc34)c3cccc(S(=O)(=O)O)c23)cc1.[Na].[Na]. The molecule has 0 aliphatic heterocycles. The van der Waals surface area contributed by atoms with Crippen LogP contribution in [0.4, 0.5) is 34.1 Å². The van der Waals surface area contributed by atoms with E-state index in [1.165, 1.54) is 30.3 Å². The van der Waals surface area contributed by atoms with E-state index in [9.17, 15) is 25.9 Å². The second-order valence-corrected chi connectivity index (χ2v) is 13.1. The van der Waals surface area contributed by atoms with Crippen molar-refractivity contribution in [1.29, 1.82) is 0 Å². The third-order valence-electron chi connectivity index (χ3n) is 7.12. The van der Waals surface area contributed by atoms with Crippen molar-refractivity contribution < 1.29 is 25.9 Å². The molecule has 0 saturated heterocycles. The van der Waals surface area contributed by atoms with Gasteiger partial charge < -0.3 is 5.32 Å². The summed E-state index contributed by atoms with van der Waals surface area (Å²) in [5.41, 5.74) is 3.75. The smallest absolute Gasteiger partial charge is 0.295 e. The first-order valence-electron chi connectivity index (χ1n) is 13.8. The number of benzene rings is 6. The van der Waals surface area contributed by atoms with Crippen LogP contribution in [0.1, 0.15) is 5.56 Å². The second kappa shape index (κ2) is 15.5. The van der Waals surface area contributed by atoms with Gasteiger partial charge in [0.25, 0.3) is 20.2 Å². The van der Waals surface area contributed by atoms with Crippen molar-refractivity contribution in [3.05, 3.63) is 121 Å². The topological polar surface area (TPSA) is 170 Å². The molecule has 0 unspecified atom stereocenters. The van der Waals surface area contributed by atoms with E-state index < -0.39 is 20.2 Å². The van der Waals surface area contributed by atoms with E-state index in [1.54, 1.807) is 42.5 Å². The summed E-state index contributed by atoms with van der Waals surface area (Å²) in [6.45, 7) is 1.95. The van der Waals surface area contributed by atoms with Crippen LogP contribution in [-0.4, -0.2) is 85.1 Å². The molecule has 11 nitrogen and oxygen atoms in total. The van der Waals surface area contributed by atoms with Gasteiger partial charge in [-0.15, -0.1) is 15.3 Å². The number of nitrogens with one attached hydrogen (secondary N) is 1. The molecule has 0 aliphatic rings. The number of fused-ring (bicyclic) bond motifs is 2. The molecule has 15 heteroatoms. The minimum atomic E-state index is -4.62. The van der Waals surface area contributed by atoms with Crippen molar-refractivity contribution in [1.82, 2.24) is 0 Å². The molecule has 6 aromatic carbocycles. The van der Waals surface area contributed by atoms with E-state index >= 15 is 0 Å². The molecular formula is C33H25N5Na2O6S2. The van der Waals surface area contributed by atoms with Crippen molar-refractivity contribution >= 4 is 135 Å². The molecule has 0 bridgehead atoms. The van der Waals surface area contributed by atoms with E-state index in [0.717, 1.165) is 5.56 Å². The van der Waals surface area contributed by atoms with Crippen molar-refractivity contribution in [3.63, 3.8) is 0 Å². The van der Waals surface area contributed by atoms with Crippen LogP contribution in [0.25, 0.3) is 21.5 Å². The average Bonchev–Trinajstić information content (AvgIpc) is 3.03. The number of nitrogens with zero attached hydrogens (tertiary/aromatic N) is 4. The number of hydrogen-bond donors (Lipinski definition) is 3. The largest absolute Gasteiger partial charge is 0.355 e. The molecule has 0 aromatic heterocycles. The first kappa shape index (κ1) is 37.5. The van der Waals surface area contributed by atoms with Crippen LogP contribution in [-0.2, 0) is 20.2 Å². The predicted molar refractivity (Wildman–Crippen MR) is 188 cm³/mol. The van der Waals surface area contributed by atoms with Crippen molar-refractivity contribution in [2.45, 2.75) is 16.7 Å². The van der Waals surface area contributed by atoms with Crippen LogP contribution < -0.4 is 5.32 Å². The molecule has 6 rings (SSSR count). The minimum Gasteiger partial charge on any atom is -0.355 e. The maximum atomic E-state index is 12.4. The number of hydrogen-bond acceptors (Lipinski definition) is 9. The van der Waals surface area contributed by atoms with Gasteiger partial charge in [-0.05, 0) is 73.7 Å². The Balaban J connectivity index is 0.00000260. The Labute approximate surface area is 321 Å². The summed E-state index contributed by atoms with van der Waals surface area (Å²) >= 11 is 0.